The van der Waals surface area contributed by atoms with E-state index in [1.54, 1.807) is 6.33 Å². The number of carbonyl (C=O) groups is 1. The Kier molecular flexibility index (Phi) is 10.6. The Morgan fingerprint density at radius 2 is 2.03 bits per heavy atom. The van der Waals surface area contributed by atoms with Crippen molar-refractivity contribution in [1.82, 2.24) is 20.2 Å². The number of nitrogens with zero attached hydrogens (tertiary/aromatic N) is 2. The van der Waals surface area contributed by atoms with Crippen molar-refractivity contribution in [1.29, 1.82) is 0 Å². The van der Waals surface area contributed by atoms with Gasteiger partial charge in [-0.15, -0.1) is 0 Å². The lowest BCUT2D eigenvalue weighted by Gasteiger charge is -2.29. The van der Waals surface area contributed by atoms with Gasteiger partial charge in [0.25, 0.3) is 0 Å². The summed E-state index contributed by atoms with van der Waals surface area (Å²) < 4.78 is 35.4. The van der Waals surface area contributed by atoms with Gasteiger partial charge in [-0.05, 0) is 60.9 Å². The number of hydrogen-bond acceptors (Lipinski definition) is 5. The third-order valence-electron chi connectivity index (χ3n) is 6.99. The van der Waals surface area contributed by atoms with Crippen LogP contribution in [0.4, 0.5) is 14.6 Å². The molecular weight excluding hydrogens is 500 g/mol. The Morgan fingerprint density at radius 3 is 2.85 bits per heavy atom. The van der Waals surface area contributed by atoms with Gasteiger partial charge in [0.2, 0.25) is 5.91 Å². The molecule has 210 valence electrons. The first-order chi connectivity index (χ1) is 19.0. The number of rotatable bonds is 14. The Hall–Kier alpha value is -3.14. The number of para-hydroxylation sites is 1. The second-order valence-electron chi connectivity index (χ2n) is 10.0. The minimum Gasteiger partial charge on any atom is -0.380 e. The van der Waals surface area contributed by atoms with E-state index in [4.69, 9.17) is 4.74 Å². The van der Waals surface area contributed by atoms with Crippen molar-refractivity contribution in [2.75, 3.05) is 25.1 Å². The van der Waals surface area contributed by atoms with Crippen molar-refractivity contribution in [2.24, 2.45) is 0 Å². The van der Waals surface area contributed by atoms with Gasteiger partial charge >= 0.3 is 0 Å². The molecule has 0 radical (unpaired) electrons. The number of fused-ring (bicyclic) bond motifs is 1. The summed E-state index contributed by atoms with van der Waals surface area (Å²) in [5.74, 6) is -0.765. The van der Waals surface area contributed by atoms with Crippen molar-refractivity contribution in [3.63, 3.8) is 0 Å². The zero-order valence-corrected chi connectivity index (χ0v) is 22.8. The second kappa shape index (κ2) is 14.3. The Labute approximate surface area is 229 Å². The quantitative estimate of drug-likeness (QED) is 0.254. The third kappa shape index (κ3) is 7.94. The molecule has 0 aliphatic heterocycles. The molecule has 3 N–H and O–H groups in total. The number of aromatic nitrogens is 2. The first-order valence-electron chi connectivity index (χ1n) is 13.9. The Bertz CT molecular complexity index is 1230. The number of benzene rings is 2. The number of imidazole rings is 1. The fourth-order valence-corrected chi connectivity index (χ4v) is 5.05. The predicted octanol–water partition coefficient (Wildman–Crippen LogP) is 4.92. The third-order valence-corrected chi connectivity index (χ3v) is 6.99. The summed E-state index contributed by atoms with van der Waals surface area (Å²) in [5.41, 5.74) is 3.35. The molecule has 7 nitrogen and oxygen atoms in total. The maximum absolute atomic E-state index is 14.4. The average Bonchev–Trinajstić information content (AvgIpc) is 3.39. The van der Waals surface area contributed by atoms with E-state index in [2.05, 4.69) is 33.9 Å². The molecule has 0 spiro atoms. The molecule has 0 saturated carbocycles. The number of halogens is 2. The van der Waals surface area contributed by atoms with Crippen LogP contribution in [0, 0.1) is 11.6 Å². The lowest BCUT2D eigenvalue weighted by molar-refractivity contribution is -0.118. The van der Waals surface area contributed by atoms with Crippen molar-refractivity contribution >= 4 is 11.7 Å². The molecular formula is C30H39F2N5O2. The molecule has 1 aliphatic carbocycles. The molecule has 0 bridgehead atoms. The monoisotopic (exact) mass is 539 g/mol. The molecule has 0 fully saturated rings. The summed E-state index contributed by atoms with van der Waals surface area (Å²) in [4.78, 5) is 17.6. The summed E-state index contributed by atoms with van der Waals surface area (Å²) in [6.07, 6.45) is 7.69. The van der Waals surface area contributed by atoms with Crippen LogP contribution < -0.4 is 16.0 Å². The van der Waals surface area contributed by atoms with Crippen LogP contribution in [0.2, 0.25) is 0 Å². The molecule has 1 amide bonds. The van der Waals surface area contributed by atoms with Gasteiger partial charge < -0.3 is 25.3 Å². The summed E-state index contributed by atoms with van der Waals surface area (Å²) in [6.45, 7) is 7.01. The molecule has 4 rings (SSSR count). The van der Waals surface area contributed by atoms with E-state index in [1.165, 1.54) is 6.07 Å². The van der Waals surface area contributed by atoms with Gasteiger partial charge in [-0.2, -0.15) is 0 Å². The van der Waals surface area contributed by atoms with Crippen molar-refractivity contribution in [2.45, 2.75) is 71.0 Å². The van der Waals surface area contributed by atoms with E-state index in [0.717, 1.165) is 43.3 Å². The molecule has 2 atom stereocenters. The van der Waals surface area contributed by atoms with Crippen LogP contribution in [-0.4, -0.2) is 47.3 Å². The van der Waals surface area contributed by atoms with Crippen molar-refractivity contribution in [3.05, 3.63) is 77.2 Å². The van der Waals surface area contributed by atoms with E-state index >= 15 is 0 Å². The van der Waals surface area contributed by atoms with Crippen molar-refractivity contribution < 1.29 is 18.3 Å². The van der Waals surface area contributed by atoms with Gasteiger partial charge in [-0.3, -0.25) is 4.79 Å². The van der Waals surface area contributed by atoms with E-state index in [0.29, 0.717) is 55.8 Å². The van der Waals surface area contributed by atoms with Crippen LogP contribution in [0.1, 0.15) is 56.2 Å². The van der Waals surface area contributed by atoms with E-state index in [-0.39, 0.29) is 11.9 Å². The summed E-state index contributed by atoms with van der Waals surface area (Å²) in [5, 5.41) is 9.78. The largest absolute Gasteiger partial charge is 0.380 e. The first kappa shape index (κ1) is 28.9. The van der Waals surface area contributed by atoms with Crippen LogP contribution in [0.25, 0.3) is 5.69 Å². The summed E-state index contributed by atoms with van der Waals surface area (Å²) >= 11 is 0. The van der Waals surface area contributed by atoms with Gasteiger partial charge in [0.15, 0.2) is 5.82 Å². The van der Waals surface area contributed by atoms with Crippen LogP contribution >= 0.6 is 0 Å². The van der Waals surface area contributed by atoms with E-state index < -0.39 is 17.7 Å². The minimum absolute atomic E-state index is 0.0657. The Morgan fingerprint density at radius 1 is 1.18 bits per heavy atom. The van der Waals surface area contributed by atoms with E-state index in [9.17, 15) is 13.6 Å². The SMILES string of the molecule is CCCOCCNCc1ccccc1-n1cnc(NC(=O)[C@@H](CCC)N[C@H]2CCc3cc(F)cc(F)c3C2)c1. The molecule has 1 aromatic heterocycles. The molecule has 1 heterocycles. The normalized spacial score (nSPS) is 15.6. The number of hydrogen-bond donors (Lipinski definition) is 3. The lowest BCUT2D eigenvalue weighted by Crippen LogP contribution is -2.48. The van der Waals surface area contributed by atoms with Gasteiger partial charge in [0, 0.05) is 31.8 Å². The van der Waals surface area contributed by atoms with Gasteiger partial charge in [-0.25, -0.2) is 13.8 Å². The molecule has 0 unspecified atom stereocenters. The first-order valence-corrected chi connectivity index (χ1v) is 13.9. The highest BCUT2D eigenvalue weighted by molar-refractivity contribution is 5.94. The number of ether oxygens (including phenoxy) is 1. The van der Waals surface area contributed by atoms with Gasteiger partial charge in [-0.1, -0.05) is 38.5 Å². The standard InChI is InChI=1S/C30H39F2N5O2/c1-3-7-27(35-24-11-10-21-15-23(31)16-26(32)25(21)17-24)30(38)36-29-19-37(20-34-29)28-9-6-5-8-22(28)18-33-12-14-39-13-4-2/h5-6,8-9,15-16,19-20,24,27,33,35H,3-4,7,10-14,17-18H2,1-2H3,(H,36,38)/t24-,27+/m0/s1. The number of aryl methyl sites for hydroxylation is 1. The highest BCUT2D eigenvalue weighted by Crippen LogP contribution is 2.26. The smallest absolute Gasteiger partial charge is 0.242 e. The van der Waals surface area contributed by atoms with Crippen LogP contribution in [0.15, 0.2) is 48.9 Å². The van der Waals surface area contributed by atoms with Gasteiger partial charge in [0.1, 0.15) is 18.0 Å². The zero-order valence-electron chi connectivity index (χ0n) is 22.8. The number of nitrogens with one attached hydrogen (secondary N) is 3. The van der Waals surface area contributed by atoms with Gasteiger partial charge in [0.05, 0.1) is 24.5 Å². The average molecular weight is 540 g/mol. The molecule has 2 aromatic carbocycles. The van der Waals surface area contributed by atoms with Crippen molar-refractivity contribution in [3.8, 4) is 5.69 Å². The minimum atomic E-state index is -0.545. The topological polar surface area (TPSA) is 80.2 Å². The maximum atomic E-state index is 14.4. The molecule has 0 saturated heterocycles. The summed E-state index contributed by atoms with van der Waals surface area (Å²) in [7, 11) is 0. The zero-order chi connectivity index (χ0) is 27.6. The van der Waals surface area contributed by atoms with E-state index in [1.807, 2.05) is 35.9 Å². The molecule has 39 heavy (non-hydrogen) atoms. The second-order valence-corrected chi connectivity index (χ2v) is 10.0. The fraction of sp³-hybridized carbons (Fsp3) is 0.467. The number of amides is 1. The fourth-order valence-electron chi connectivity index (χ4n) is 5.05. The van der Waals surface area contributed by atoms with Crippen LogP contribution in [0.3, 0.4) is 0 Å². The highest BCUT2D eigenvalue weighted by Gasteiger charge is 2.27. The molecule has 3 aromatic rings. The van der Waals surface area contributed by atoms with Crippen LogP contribution in [-0.2, 0) is 28.9 Å². The Balaban J connectivity index is 1.36. The molecule has 1 aliphatic rings. The number of anilines is 1. The summed E-state index contributed by atoms with van der Waals surface area (Å²) in [6, 6.07) is 9.90. The highest BCUT2D eigenvalue weighted by atomic mass is 19.1. The predicted molar refractivity (Wildman–Crippen MR) is 149 cm³/mol. The number of carbonyl (C=O) groups excluding carboxylic acids is 1. The van der Waals surface area contributed by atoms with Crippen LogP contribution in [0.5, 0.6) is 0 Å². The lowest BCUT2D eigenvalue weighted by atomic mass is 9.87. The maximum Gasteiger partial charge on any atom is 0.242 e. The molecule has 9 heteroatoms.